The lowest BCUT2D eigenvalue weighted by atomic mass is 10.1. The van der Waals surface area contributed by atoms with Crippen molar-refractivity contribution < 1.29 is 18.7 Å². The number of amides is 1. The van der Waals surface area contributed by atoms with Crippen LogP contribution < -0.4 is 19.7 Å². The Morgan fingerprint density at radius 1 is 1.15 bits per heavy atom. The summed E-state index contributed by atoms with van der Waals surface area (Å²) in [7, 11) is 3.00. The first-order valence-electron chi connectivity index (χ1n) is 10.6. The monoisotopic (exact) mass is 464 g/mol. The second kappa shape index (κ2) is 8.89. The fraction of sp³-hybridized carbons (Fsp3) is 0.273. The Kier molecular flexibility index (Phi) is 5.62. The second-order valence-electron chi connectivity index (χ2n) is 7.64. The maximum Gasteiger partial charge on any atom is 0.293 e. The fourth-order valence-electron chi connectivity index (χ4n) is 4.10. The lowest BCUT2D eigenvalue weighted by Crippen LogP contribution is -2.25. The number of rotatable bonds is 6. The molecule has 0 radical (unpaired) electrons. The lowest BCUT2D eigenvalue weighted by molar-refractivity contribution is 0.101. The minimum atomic E-state index is -0.452. The standard InChI is InChI=1S/C22H21FN8O3/c1-33-19-9-14(5-6-24-19)27-21(32)20-29-28-17-11-25-18(12-31(17)20)30-7-3-4-16(30)15-8-13(23)10-26-22(15)34-2/h5-6,8-12,16H,3-4,7H2,1-2H3,(H,24,27,32)/t16-/m1/s1. The van der Waals surface area contributed by atoms with Gasteiger partial charge in [0.25, 0.3) is 5.91 Å². The van der Waals surface area contributed by atoms with Gasteiger partial charge in [0.2, 0.25) is 17.6 Å². The average molecular weight is 464 g/mol. The molecule has 11 nitrogen and oxygen atoms in total. The molecule has 1 aliphatic rings. The summed E-state index contributed by atoms with van der Waals surface area (Å²) in [6.45, 7) is 0.698. The molecule has 0 spiro atoms. The molecule has 0 bridgehead atoms. The zero-order valence-electron chi connectivity index (χ0n) is 18.5. The van der Waals surface area contributed by atoms with Crippen LogP contribution in [-0.4, -0.2) is 56.2 Å². The van der Waals surface area contributed by atoms with Gasteiger partial charge >= 0.3 is 0 Å². The number of carbonyl (C=O) groups is 1. The lowest BCUT2D eigenvalue weighted by Gasteiger charge is -2.26. The molecule has 1 atom stereocenters. The molecule has 0 unspecified atom stereocenters. The first-order chi connectivity index (χ1) is 16.6. The highest BCUT2D eigenvalue weighted by molar-refractivity contribution is 6.02. The van der Waals surface area contributed by atoms with Crippen LogP contribution in [0.5, 0.6) is 11.8 Å². The minimum absolute atomic E-state index is 0.0928. The van der Waals surface area contributed by atoms with E-state index < -0.39 is 11.7 Å². The number of carbonyl (C=O) groups excluding carboxylic acids is 1. The van der Waals surface area contributed by atoms with Crippen LogP contribution in [0.4, 0.5) is 15.9 Å². The van der Waals surface area contributed by atoms with Crippen molar-refractivity contribution in [2.75, 3.05) is 31.0 Å². The molecule has 0 saturated carbocycles. The molecule has 174 valence electrons. The minimum Gasteiger partial charge on any atom is -0.481 e. The normalized spacial score (nSPS) is 15.5. The molecule has 34 heavy (non-hydrogen) atoms. The van der Waals surface area contributed by atoms with E-state index in [-0.39, 0.29) is 11.9 Å². The van der Waals surface area contributed by atoms with Crippen molar-refractivity contribution in [2.24, 2.45) is 0 Å². The molecular weight excluding hydrogens is 443 g/mol. The van der Waals surface area contributed by atoms with Gasteiger partial charge in [0.15, 0.2) is 5.65 Å². The third-order valence-corrected chi connectivity index (χ3v) is 5.63. The Balaban J connectivity index is 1.47. The van der Waals surface area contributed by atoms with Crippen molar-refractivity contribution >= 4 is 23.1 Å². The van der Waals surface area contributed by atoms with Crippen molar-refractivity contribution in [3.63, 3.8) is 0 Å². The fourth-order valence-corrected chi connectivity index (χ4v) is 4.10. The number of anilines is 2. The number of fused-ring (bicyclic) bond motifs is 1. The van der Waals surface area contributed by atoms with Crippen LogP contribution in [0.1, 0.15) is 35.1 Å². The molecule has 1 N–H and O–H groups in total. The van der Waals surface area contributed by atoms with Gasteiger partial charge in [0.1, 0.15) is 11.6 Å². The molecule has 5 heterocycles. The predicted octanol–water partition coefficient (Wildman–Crippen LogP) is 2.66. The van der Waals surface area contributed by atoms with E-state index in [1.165, 1.54) is 26.5 Å². The first kappa shape index (κ1) is 21.5. The third kappa shape index (κ3) is 3.93. The summed E-state index contributed by atoms with van der Waals surface area (Å²) in [6.07, 6.45) is 7.57. The van der Waals surface area contributed by atoms with E-state index in [1.807, 2.05) is 4.90 Å². The molecule has 1 amide bonds. The number of pyridine rings is 2. The molecule has 1 saturated heterocycles. The van der Waals surface area contributed by atoms with Crippen LogP contribution in [0.25, 0.3) is 5.65 Å². The van der Waals surface area contributed by atoms with Gasteiger partial charge in [-0.05, 0) is 25.0 Å². The van der Waals surface area contributed by atoms with Crippen LogP contribution in [0.15, 0.2) is 43.0 Å². The Morgan fingerprint density at radius 2 is 2.03 bits per heavy atom. The molecule has 1 aliphatic heterocycles. The zero-order chi connectivity index (χ0) is 23.7. The summed E-state index contributed by atoms with van der Waals surface area (Å²) in [5.74, 6) is 0.550. The van der Waals surface area contributed by atoms with Crippen molar-refractivity contribution in [1.29, 1.82) is 0 Å². The number of nitrogens with zero attached hydrogens (tertiary/aromatic N) is 7. The van der Waals surface area contributed by atoms with E-state index >= 15 is 0 Å². The Hall–Kier alpha value is -4.35. The van der Waals surface area contributed by atoms with Crippen molar-refractivity contribution in [2.45, 2.75) is 18.9 Å². The highest BCUT2D eigenvalue weighted by atomic mass is 19.1. The SMILES string of the molecule is COc1cc(NC(=O)c2nnc3cnc(N4CCC[C@@H]4c4cc(F)cnc4OC)cn23)ccn1. The number of aromatic nitrogens is 6. The number of hydrogen-bond donors (Lipinski definition) is 1. The largest absolute Gasteiger partial charge is 0.481 e. The summed E-state index contributed by atoms with van der Waals surface area (Å²) in [5.41, 5.74) is 1.57. The van der Waals surface area contributed by atoms with Crippen LogP contribution >= 0.6 is 0 Å². The van der Waals surface area contributed by atoms with Crippen LogP contribution in [0.2, 0.25) is 0 Å². The summed E-state index contributed by atoms with van der Waals surface area (Å²) < 4.78 is 26.0. The average Bonchev–Trinajstić information content (AvgIpc) is 3.51. The van der Waals surface area contributed by atoms with E-state index in [1.54, 1.807) is 28.9 Å². The number of methoxy groups -OCH3 is 2. The number of halogens is 1. The number of nitrogens with one attached hydrogen (secondary N) is 1. The summed E-state index contributed by atoms with van der Waals surface area (Å²) in [4.78, 5) is 27.6. The summed E-state index contributed by atoms with van der Waals surface area (Å²) in [5, 5.41) is 10.9. The van der Waals surface area contributed by atoms with Gasteiger partial charge in [0, 0.05) is 30.1 Å². The summed E-state index contributed by atoms with van der Waals surface area (Å²) in [6, 6.07) is 4.50. The molecular formula is C22H21FN8O3. The van der Waals surface area contributed by atoms with Crippen LogP contribution in [-0.2, 0) is 0 Å². The maximum atomic E-state index is 14.0. The molecule has 0 aromatic carbocycles. The number of ether oxygens (including phenoxy) is 2. The van der Waals surface area contributed by atoms with Gasteiger partial charge in [-0.15, -0.1) is 10.2 Å². The Labute approximate surface area is 193 Å². The number of hydrogen-bond acceptors (Lipinski definition) is 9. The van der Waals surface area contributed by atoms with Crippen LogP contribution in [0, 0.1) is 5.82 Å². The zero-order valence-corrected chi connectivity index (χ0v) is 18.5. The van der Waals surface area contributed by atoms with Gasteiger partial charge in [-0.3, -0.25) is 9.20 Å². The summed E-state index contributed by atoms with van der Waals surface area (Å²) >= 11 is 0. The van der Waals surface area contributed by atoms with Crippen molar-refractivity contribution in [3.8, 4) is 11.8 Å². The first-order valence-corrected chi connectivity index (χ1v) is 10.6. The molecule has 12 heteroatoms. The maximum absolute atomic E-state index is 14.0. The second-order valence-corrected chi connectivity index (χ2v) is 7.64. The van der Waals surface area contributed by atoms with E-state index in [0.717, 1.165) is 19.0 Å². The van der Waals surface area contributed by atoms with Crippen LogP contribution in [0.3, 0.4) is 0 Å². The van der Waals surface area contributed by atoms with Crippen molar-refractivity contribution in [3.05, 3.63) is 60.2 Å². The highest BCUT2D eigenvalue weighted by Crippen LogP contribution is 2.38. The van der Waals surface area contributed by atoms with Crippen molar-refractivity contribution in [1.82, 2.24) is 29.5 Å². The molecule has 1 fully saturated rings. The Morgan fingerprint density at radius 3 is 2.85 bits per heavy atom. The highest BCUT2D eigenvalue weighted by Gasteiger charge is 2.31. The van der Waals surface area contributed by atoms with E-state index in [4.69, 9.17) is 9.47 Å². The molecule has 4 aromatic heterocycles. The Bertz CT molecular complexity index is 1360. The van der Waals surface area contributed by atoms with Gasteiger partial charge < -0.3 is 19.7 Å². The predicted molar refractivity (Wildman–Crippen MR) is 120 cm³/mol. The van der Waals surface area contributed by atoms with Gasteiger partial charge in [0.05, 0.1) is 38.9 Å². The van der Waals surface area contributed by atoms with Gasteiger partial charge in [-0.2, -0.15) is 0 Å². The van der Waals surface area contributed by atoms with E-state index in [0.29, 0.717) is 41.0 Å². The topological polar surface area (TPSA) is 120 Å². The van der Waals surface area contributed by atoms with Gasteiger partial charge in [-0.25, -0.2) is 19.3 Å². The molecule has 4 aromatic rings. The van der Waals surface area contributed by atoms with E-state index in [2.05, 4.69) is 30.5 Å². The van der Waals surface area contributed by atoms with Gasteiger partial charge in [-0.1, -0.05) is 0 Å². The van der Waals surface area contributed by atoms with E-state index in [9.17, 15) is 9.18 Å². The molecule has 0 aliphatic carbocycles. The third-order valence-electron chi connectivity index (χ3n) is 5.63. The molecule has 5 rings (SSSR count). The quantitative estimate of drug-likeness (QED) is 0.459. The smallest absolute Gasteiger partial charge is 0.293 e.